The third kappa shape index (κ3) is 2.48. The molecule has 7 nitrogen and oxygen atoms in total. The molecule has 0 saturated carbocycles. The summed E-state index contributed by atoms with van der Waals surface area (Å²) in [5.41, 5.74) is 3.47. The molecular weight excluding hydrogens is 335 g/mol. The van der Waals surface area contributed by atoms with E-state index >= 15 is 0 Å². The molecule has 0 radical (unpaired) electrons. The van der Waals surface area contributed by atoms with Crippen molar-refractivity contribution in [2.45, 2.75) is 25.3 Å². The van der Waals surface area contributed by atoms with Gasteiger partial charge >= 0.3 is 0 Å². The highest BCUT2D eigenvalue weighted by molar-refractivity contribution is 5.53. The lowest BCUT2D eigenvalue weighted by atomic mass is 10.0. The molecule has 1 fully saturated rings. The topological polar surface area (TPSA) is 76.4 Å². The minimum atomic E-state index is -0.226. The van der Waals surface area contributed by atoms with E-state index in [1.165, 1.54) is 6.07 Å². The number of nitrogens with one attached hydrogen (secondary N) is 2. The van der Waals surface area contributed by atoms with Gasteiger partial charge in [-0.15, -0.1) is 10.2 Å². The Morgan fingerprint density at radius 1 is 1.38 bits per heavy atom. The van der Waals surface area contributed by atoms with Crippen molar-refractivity contribution in [3.8, 4) is 5.75 Å². The maximum Gasteiger partial charge on any atom is 0.210 e. The Morgan fingerprint density at radius 3 is 3.23 bits per heavy atom. The van der Waals surface area contributed by atoms with Crippen LogP contribution in [0.4, 0.5) is 10.3 Å². The van der Waals surface area contributed by atoms with E-state index in [-0.39, 0.29) is 5.82 Å². The summed E-state index contributed by atoms with van der Waals surface area (Å²) in [6.45, 7) is 2.87. The van der Waals surface area contributed by atoms with Crippen molar-refractivity contribution in [2.75, 3.05) is 25.0 Å². The predicted octanol–water partition coefficient (Wildman–Crippen LogP) is 1.89. The van der Waals surface area contributed by atoms with Gasteiger partial charge in [-0.3, -0.25) is 4.40 Å². The summed E-state index contributed by atoms with van der Waals surface area (Å²) in [5.74, 6) is 1.55. The molecule has 3 aromatic rings. The number of benzene rings is 1. The monoisotopic (exact) mass is 354 g/mol. The normalized spacial score (nSPS) is 18.9. The Kier molecular flexibility index (Phi) is 3.70. The Hall–Kier alpha value is -2.74. The molecule has 1 atom stereocenters. The zero-order chi connectivity index (χ0) is 17.5. The molecule has 134 valence electrons. The van der Waals surface area contributed by atoms with E-state index in [9.17, 15) is 4.39 Å². The van der Waals surface area contributed by atoms with Crippen LogP contribution in [0.25, 0.3) is 5.65 Å². The summed E-state index contributed by atoms with van der Waals surface area (Å²) in [6.07, 6.45) is 5.30. The van der Waals surface area contributed by atoms with Crippen LogP contribution in [0.2, 0.25) is 0 Å². The fourth-order valence-corrected chi connectivity index (χ4v) is 3.85. The van der Waals surface area contributed by atoms with Crippen molar-refractivity contribution in [1.29, 1.82) is 0 Å². The summed E-state index contributed by atoms with van der Waals surface area (Å²) in [4.78, 5) is 4.55. The number of ether oxygens (including phenoxy) is 1. The minimum Gasteiger partial charge on any atom is -0.493 e. The summed E-state index contributed by atoms with van der Waals surface area (Å²) in [5, 5.41) is 14.9. The highest BCUT2D eigenvalue weighted by Gasteiger charge is 2.23. The van der Waals surface area contributed by atoms with Crippen LogP contribution in [0.3, 0.4) is 0 Å². The van der Waals surface area contributed by atoms with Crippen LogP contribution in [-0.2, 0) is 13.0 Å². The number of nitrogens with zero attached hydrogens (tertiary/aromatic N) is 4. The molecule has 26 heavy (non-hydrogen) atoms. The number of anilines is 1. The zero-order valence-electron chi connectivity index (χ0n) is 14.2. The van der Waals surface area contributed by atoms with Crippen LogP contribution in [-0.4, -0.2) is 39.3 Å². The van der Waals surface area contributed by atoms with Gasteiger partial charge in [-0.1, -0.05) is 0 Å². The first-order chi connectivity index (χ1) is 12.8. The fourth-order valence-electron chi connectivity index (χ4n) is 3.85. The number of hydrogen-bond acceptors (Lipinski definition) is 6. The van der Waals surface area contributed by atoms with Gasteiger partial charge in [-0.2, -0.15) is 0 Å². The van der Waals surface area contributed by atoms with E-state index in [0.717, 1.165) is 48.5 Å². The number of aromatic nitrogens is 4. The maximum atomic E-state index is 14.3. The van der Waals surface area contributed by atoms with Crippen LogP contribution < -0.4 is 15.4 Å². The molecule has 1 aromatic carbocycles. The summed E-state index contributed by atoms with van der Waals surface area (Å²) >= 11 is 0. The van der Waals surface area contributed by atoms with Crippen molar-refractivity contribution >= 4 is 11.6 Å². The van der Waals surface area contributed by atoms with Gasteiger partial charge in [0, 0.05) is 48.3 Å². The number of fused-ring (bicyclic) bond motifs is 2. The van der Waals surface area contributed by atoms with Crippen molar-refractivity contribution in [1.82, 2.24) is 24.9 Å². The Labute approximate surface area is 149 Å². The number of halogens is 1. The molecular formula is C18H19FN6O. The average Bonchev–Trinajstić information content (AvgIpc) is 3.40. The van der Waals surface area contributed by atoms with Gasteiger partial charge in [-0.25, -0.2) is 9.37 Å². The minimum absolute atomic E-state index is 0.226. The molecule has 2 N–H and O–H groups in total. The SMILES string of the molecule is Fc1ccc2c(c1CNc1ncc(C3CCNC3)c3nncn13)CCO2. The van der Waals surface area contributed by atoms with Gasteiger partial charge in [0.2, 0.25) is 5.95 Å². The maximum absolute atomic E-state index is 14.3. The van der Waals surface area contributed by atoms with Gasteiger partial charge < -0.3 is 15.4 Å². The fraction of sp³-hybridized carbons (Fsp3) is 0.389. The zero-order valence-corrected chi connectivity index (χ0v) is 14.2. The molecule has 0 amide bonds. The summed E-state index contributed by atoms with van der Waals surface area (Å²) in [6, 6.07) is 3.15. The summed E-state index contributed by atoms with van der Waals surface area (Å²) < 4.78 is 21.7. The summed E-state index contributed by atoms with van der Waals surface area (Å²) in [7, 11) is 0. The molecule has 5 rings (SSSR count). The first-order valence-corrected chi connectivity index (χ1v) is 8.87. The van der Waals surface area contributed by atoms with E-state index in [4.69, 9.17) is 4.74 Å². The van der Waals surface area contributed by atoms with Crippen molar-refractivity contribution in [3.63, 3.8) is 0 Å². The quantitative estimate of drug-likeness (QED) is 0.745. The molecule has 0 spiro atoms. The van der Waals surface area contributed by atoms with Crippen molar-refractivity contribution in [3.05, 3.63) is 47.2 Å². The average molecular weight is 354 g/mol. The Bertz CT molecular complexity index is 966. The van der Waals surface area contributed by atoms with Crippen molar-refractivity contribution in [2.24, 2.45) is 0 Å². The van der Waals surface area contributed by atoms with E-state index in [1.807, 2.05) is 10.6 Å². The third-order valence-electron chi connectivity index (χ3n) is 5.22. The van der Waals surface area contributed by atoms with Crippen LogP contribution in [0.1, 0.15) is 29.0 Å². The standard InChI is InChI=1S/C18H19FN6O/c19-15-1-2-16-12(4-6-26-16)14(15)9-22-18-21-8-13(11-3-5-20-7-11)17-24-23-10-25(17)18/h1-2,8,10-11,20H,3-7,9H2,(H,21,22). The first-order valence-electron chi connectivity index (χ1n) is 8.87. The molecule has 1 saturated heterocycles. The molecule has 2 aromatic heterocycles. The Balaban J connectivity index is 1.45. The van der Waals surface area contributed by atoms with Gasteiger partial charge in [-0.05, 0) is 25.1 Å². The molecule has 2 aliphatic rings. The van der Waals surface area contributed by atoms with Gasteiger partial charge in [0.15, 0.2) is 5.65 Å². The third-order valence-corrected chi connectivity index (χ3v) is 5.22. The molecule has 0 bridgehead atoms. The second-order valence-corrected chi connectivity index (χ2v) is 6.71. The predicted molar refractivity (Wildman–Crippen MR) is 93.9 cm³/mol. The highest BCUT2D eigenvalue weighted by Crippen LogP contribution is 2.31. The van der Waals surface area contributed by atoms with Gasteiger partial charge in [0.1, 0.15) is 17.9 Å². The van der Waals surface area contributed by atoms with Crippen LogP contribution >= 0.6 is 0 Å². The van der Waals surface area contributed by atoms with E-state index in [2.05, 4.69) is 25.8 Å². The lowest BCUT2D eigenvalue weighted by Crippen LogP contribution is -2.12. The van der Waals surface area contributed by atoms with Crippen LogP contribution in [0.5, 0.6) is 5.75 Å². The Morgan fingerprint density at radius 2 is 2.35 bits per heavy atom. The highest BCUT2D eigenvalue weighted by atomic mass is 19.1. The molecule has 8 heteroatoms. The number of rotatable bonds is 4. The second kappa shape index (κ2) is 6.21. The lowest BCUT2D eigenvalue weighted by Gasteiger charge is -2.14. The first kappa shape index (κ1) is 15.5. The van der Waals surface area contributed by atoms with E-state index < -0.39 is 0 Å². The molecule has 1 unspecified atom stereocenters. The second-order valence-electron chi connectivity index (χ2n) is 6.71. The molecule has 4 heterocycles. The van der Waals surface area contributed by atoms with Gasteiger partial charge in [0.05, 0.1) is 6.61 Å². The smallest absolute Gasteiger partial charge is 0.210 e. The molecule has 0 aliphatic carbocycles. The lowest BCUT2D eigenvalue weighted by molar-refractivity contribution is 0.356. The van der Waals surface area contributed by atoms with E-state index in [1.54, 1.807) is 12.4 Å². The molecule has 2 aliphatic heterocycles. The van der Waals surface area contributed by atoms with E-state index in [0.29, 0.717) is 30.6 Å². The number of hydrogen-bond donors (Lipinski definition) is 2. The largest absolute Gasteiger partial charge is 0.493 e. The van der Waals surface area contributed by atoms with Crippen LogP contribution in [0.15, 0.2) is 24.7 Å². The van der Waals surface area contributed by atoms with Crippen molar-refractivity contribution < 1.29 is 9.13 Å². The van der Waals surface area contributed by atoms with Crippen LogP contribution in [0, 0.1) is 5.82 Å². The van der Waals surface area contributed by atoms with Gasteiger partial charge in [0.25, 0.3) is 0 Å².